The van der Waals surface area contributed by atoms with Gasteiger partial charge in [0.05, 0.1) is 27.1 Å². The minimum atomic E-state index is -0.810. The van der Waals surface area contributed by atoms with E-state index in [2.05, 4.69) is 0 Å². The molecule has 7 nitrogen and oxygen atoms in total. The molecule has 0 N–H and O–H groups in total. The molecule has 0 saturated carbocycles. The van der Waals surface area contributed by atoms with E-state index in [0.717, 1.165) is 0 Å². The van der Waals surface area contributed by atoms with Gasteiger partial charge in [-0.2, -0.15) is 0 Å². The fourth-order valence-corrected chi connectivity index (χ4v) is 3.26. The fourth-order valence-electron chi connectivity index (χ4n) is 2.85. The average molecular weight is 443 g/mol. The van der Waals surface area contributed by atoms with Gasteiger partial charge in [-0.05, 0) is 39.3 Å². The molecule has 2 amide bonds. The number of halogens is 2. The Bertz CT molecular complexity index is 876. The van der Waals surface area contributed by atoms with E-state index in [4.69, 9.17) is 32.7 Å². The third-order valence-electron chi connectivity index (χ3n) is 4.63. The summed E-state index contributed by atoms with van der Waals surface area (Å²) in [6.07, 6.45) is 0. The van der Waals surface area contributed by atoms with Crippen LogP contribution < -0.4 is 0 Å². The van der Waals surface area contributed by atoms with Crippen LogP contribution in [0.2, 0.25) is 10.0 Å². The van der Waals surface area contributed by atoms with E-state index in [1.54, 1.807) is 60.0 Å². The quantitative estimate of drug-likeness (QED) is 0.510. The van der Waals surface area contributed by atoms with Crippen molar-refractivity contribution in [3.8, 4) is 0 Å². The Hall–Kier alpha value is -2.25. The summed E-state index contributed by atoms with van der Waals surface area (Å²) in [6.45, 7) is 6.17. The Morgan fingerprint density at radius 1 is 1.14 bits per heavy atom. The van der Waals surface area contributed by atoms with E-state index in [-0.39, 0.29) is 16.6 Å². The van der Waals surface area contributed by atoms with Crippen LogP contribution >= 0.6 is 23.2 Å². The average Bonchev–Trinajstić information content (AvgIpc) is 2.64. The largest absolute Gasteiger partial charge is 0.427 e. The van der Waals surface area contributed by atoms with Gasteiger partial charge in [-0.3, -0.25) is 4.79 Å². The van der Waals surface area contributed by atoms with Crippen LogP contribution in [0.5, 0.6) is 0 Å². The molecule has 2 rings (SSSR count). The number of allylic oxidation sites excluding steroid dienone is 1. The Morgan fingerprint density at radius 3 is 2.34 bits per heavy atom. The summed E-state index contributed by atoms with van der Waals surface area (Å²) < 4.78 is 10.2. The number of urea groups is 1. The van der Waals surface area contributed by atoms with Crippen molar-refractivity contribution < 1.29 is 23.9 Å². The van der Waals surface area contributed by atoms with Crippen molar-refractivity contribution in [2.24, 2.45) is 5.41 Å². The third-order valence-corrected chi connectivity index (χ3v) is 5.46. The lowest BCUT2D eigenvalue weighted by atomic mass is 9.93. The number of amides is 2. The number of ether oxygens (including phenoxy) is 2. The Labute approximate surface area is 180 Å². The molecule has 0 radical (unpaired) electrons. The molecule has 1 aromatic carbocycles. The van der Waals surface area contributed by atoms with Crippen molar-refractivity contribution in [1.29, 1.82) is 0 Å². The second-order valence-corrected chi connectivity index (χ2v) is 8.51. The van der Waals surface area contributed by atoms with Crippen molar-refractivity contribution in [3.63, 3.8) is 0 Å². The minimum Gasteiger partial charge on any atom is -0.427 e. The van der Waals surface area contributed by atoms with Gasteiger partial charge >= 0.3 is 18.0 Å². The molecule has 1 heterocycles. The zero-order valence-corrected chi connectivity index (χ0v) is 18.7. The summed E-state index contributed by atoms with van der Waals surface area (Å²) in [5, 5.41) is 0.536. The van der Waals surface area contributed by atoms with Crippen molar-refractivity contribution in [2.45, 2.75) is 33.7 Å². The maximum atomic E-state index is 12.9. The van der Waals surface area contributed by atoms with Crippen LogP contribution in [0.25, 0.3) is 0 Å². The Morgan fingerprint density at radius 2 is 1.76 bits per heavy atom. The van der Waals surface area contributed by atoms with Gasteiger partial charge < -0.3 is 19.3 Å². The van der Waals surface area contributed by atoms with E-state index < -0.39 is 30.2 Å². The normalized spacial score (nSPS) is 17.5. The van der Waals surface area contributed by atoms with Gasteiger partial charge in [-0.15, -0.1) is 0 Å². The second kappa shape index (κ2) is 8.63. The standard InChI is InChI=1S/C20H24Cl2N2O5/c1-11-14(17(25)28-10-29-18(26)20(2,3)4)16(24(6)19(27)23(11)5)12-8-7-9-13(21)15(12)22/h7-9,16H,10H2,1-6H3/t16-/m1/s1. The van der Waals surface area contributed by atoms with Crippen LogP contribution in [-0.4, -0.2) is 48.7 Å². The molecule has 0 aliphatic carbocycles. The Kier molecular flexibility index (Phi) is 6.86. The molecule has 1 aromatic rings. The number of benzene rings is 1. The summed E-state index contributed by atoms with van der Waals surface area (Å²) >= 11 is 12.5. The van der Waals surface area contributed by atoms with Gasteiger partial charge in [0.25, 0.3) is 0 Å². The zero-order chi connectivity index (χ0) is 22.1. The molecular formula is C20H24Cl2N2O5. The van der Waals surface area contributed by atoms with Crippen LogP contribution in [-0.2, 0) is 19.1 Å². The van der Waals surface area contributed by atoms with Gasteiger partial charge in [-0.1, -0.05) is 35.3 Å². The molecule has 0 aromatic heterocycles. The molecule has 29 heavy (non-hydrogen) atoms. The van der Waals surface area contributed by atoms with Gasteiger partial charge in [-0.25, -0.2) is 9.59 Å². The molecular weight excluding hydrogens is 419 g/mol. The summed E-state index contributed by atoms with van der Waals surface area (Å²) in [5.74, 6) is -1.23. The number of carbonyl (C=O) groups excluding carboxylic acids is 3. The number of carbonyl (C=O) groups is 3. The zero-order valence-electron chi connectivity index (χ0n) is 17.2. The molecule has 158 valence electrons. The highest BCUT2D eigenvalue weighted by Crippen LogP contribution is 2.41. The van der Waals surface area contributed by atoms with Gasteiger partial charge in [0.2, 0.25) is 6.79 Å². The first-order valence-electron chi connectivity index (χ1n) is 8.87. The van der Waals surface area contributed by atoms with Crippen molar-refractivity contribution in [1.82, 2.24) is 9.80 Å². The summed E-state index contributed by atoms with van der Waals surface area (Å²) in [5.41, 5.74) is 0.365. The molecule has 0 bridgehead atoms. The molecule has 9 heteroatoms. The maximum absolute atomic E-state index is 12.9. The van der Waals surface area contributed by atoms with Crippen LogP contribution in [0.15, 0.2) is 29.5 Å². The minimum absolute atomic E-state index is 0.200. The number of rotatable bonds is 4. The summed E-state index contributed by atoms with van der Waals surface area (Å²) in [4.78, 5) is 40.1. The number of hydrogen-bond donors (Lipinski definition) is 0. The number of likely N-dealkylation sites (N-methyl/N-ethyl adjacent to an activating group) is 1. The fraction of sp³-hybridized carbons (Fsp3) is 0.450. The molecule has 0 fully saturated rings. The highest BCUT2D eigenvalue weighted by molar-refractivity contribution is 6.42. The molecule has 1 atom stereocenters. The third kappa shape index (κ3) is 4.67. The van der Waals surface area contributed by atoms with Gasteiger partial charge in [0, 0.05) is 19.8 Å². The summed E-state index contributed by atoms with van der Waals surface area (Å²) in [7, 11) is 3.11. The smallest absolute Gasteiger partial charge is 0.341 e. The number of hydrogen-bond acceptors (Lipinski definition) is 5. The first kappa shape index (κ1) is 23.0. The van der Waals surface area contributed by atoms with E-state index >= 15 is 0 Å². The molecule has 0 saturated heterocycles. The van der Waals surface area contributed by atoms with E-state index in [0.29, 0.717) is 16.3 Å². The van der Waals surface area contributed by atoms with Gasteiger partial charge in [0.15, 0.2) is 0 Å². The molecule has 1 aliphatic rings. The predicted octanol–water partition coefficient (Wildman–Crippen LogP) is 4.40. The highest BCUT2D eigenvalue weighted by Gasteiger charge is 2.40. The molecule has 0 spiro atoms. The van der Waals surface area contributed by atoms with Crippen LogP contribution in [0.1, 0.15) is 39.3 Å². The SMILES string of the molecule is CC1=C(C(=O)OCOC(=O)C(C)(C)C)[C@@H](c2cccc(Cl)c2Cl)N(C)C(=O)N1C. The molecule has 1 aliphatic heterocycles. The van der Waals surface area contributed by atoms with E-state index in [1.165, 1.54) is 9.80 Å². The number of esters is 2. The highest BCUT2D eigenvalue weighted by atomic mass is 35.5. The summed E-state index contributed by atoms with van der Waals surface area (Å²) in [6, 6.07) is 3.86. The topological polar surface area (TPSA) is 76.1 Å². The van der Waals surface area contributed by atoms with Crippen molar-refractivity contribution >= 4 is 41.2 Å². The Balaban J connectivity index is 2.38. The van der Waals surface area contributed by atoms with Crippen LogP contribution in [0, 0.1) is 5.41 Å². The van der Waals surface area contributed by atoms with E-state index in [1.807, 2.05) is 0 Å². The van der Waals surface area contributed by atoms with Gasteiger partial charge in [0.1, 0.15) is 0 Å². The van der Waals surface area contributed by atoms with Crippen molar-refractivity contribution in [3.05, 3.63) is 45.1 Å². The van der Waals surface area contributed by atoms with Crippen LogP contribution in [0.4, 0.5) is 4.79 Å². The monoisotopic (exact) mass is 442 g/mol. The van der Waals surface area contributed by atoms with E-state index in [9.17, 15) is 14.4 Å². The lowest BCUT2D eigenvalue weighted by molar-refractivity contribution is -0.171. The second-order valence-electron chi connectivity index (χ2n) is 7.73. The first-order valence-corrected chi connectivity index (χ1v) is 9.63. The maximum Gasteiger partial charge on any atom is 0.341 e. The first-order chi connectivity index (χ1) is 13.4. The lowest BCUT2D eigenvalue weighted by Gasteiger charge is -2.39. The van der Waals surface area contributed by atoms with Crippen molar-refractivity contribution in [2.75, 3.05) is 20.9 Å². The predicted molar refractivity (Wildman–Crippen MR) is 109 cm³/mol. The van der Waals surface area contributed by atoms with Crippen LogP contribution in [0.3, 0.4) is 0 Å². The lowest BCUT2D eigenvalue weighted by Crippen LogP contribution is -2.47. The molecule has 0 unspecified atom stereocenters. The number of nitrogens with zero attached hydrogens (tertiary/aromatic N) is 2.